The number of carbonyl (C=O) groups excluding carboxylic acids is 1. The van der Waals surface area contributed by atoms with E-state index >= 15 is 0 Å². The van der Waals surface area contributed by atoms with E-state index in [1.165, 1.54) is 18.2 Å². The van der Waals surface area contributed by atoms with Crippen molar-refractivity contribution in [2.75, 3.05) is 5.32 Å². The van der Waals surface area contributed by atoms with Gasteiger partial charge in [0.15, 0.2) is 0 Å². The van der Waals surface area contributed by atoms with E-state index < -0.39 is 16.8 Å². The Bertz CT molecular complexity index is 604. The van der Waals surface area contributed by atoms with Crippen LogP contribution in [0.2, 0.25) is 5.02 Å². The maximum absolute atomic E-state index is 12.0. The molecule has 0 saturated heterocycles. The Hall–Kier alpha value is -2.15. The average molecular weight is 313 g/mol. The summed E-state index contributed by atoms with van der Waals surface area (Å²) in [5.74, 6) is -2.02. The maximum atomic E-state index is 12.0. The molecule has 7 nitrogen and oxygen atoms in total. The second kappa shape index (κ2) is 6.09. The molecule has 0 spiro atoms. The van der Waals surface area contributed by atoms with E-state index in [-0.39, 0.29) is 22.5 Å². The van der Waals surface area contributed by atoms with Crippen LogP contribution in [-0.2, 0) is 9.59 Å². The van der Waals surface area contributed by atoms with Gasteiger partial charge in [-0.2, -0.15) is 0 Å². The highest BCUT2D eigenvalue weighted by molar-refractivity contribution is 6.33. The molecule has 1 aromatic carbocycles. The predicted octanol–water partition coefficient (Wildman–Crippen LogP) is 2.69. The topological polar surface area (TPSA) is 110 Å². The molecule has 0 aromatic heterocycles. The number of carboxylic acid groups (broad SMARTS) is 1. The molecule has 21 heavy (non-hydrogen) atoms. The number of amides is 1. The van der Waals surface area contributed by atoms with Crippen molar-refractivity contribution in [2.45, 2.75) is 19.3 Å². The lowest BCUT2D eigenvalue weighted by Gasteiger charge is -2.11. The van der Waals surface area contributed by atoms with Gasteiger partial charge in [0.05, 0.1) is 10.8 Å². The summed E-state index contributed by atoms with van der Waals surface area (Å²) in [5, 5.41) is 22.1. The quantitative estimate of drug-likeness (QED) is 0.656. The minimum Gasteiger partial charge on any atom is -0.481 e. The number of nitrogens with zero attached hydrogens (tertiary/aromatic N) is 1. The van der Waals surface area contributed by atoms with Crippen molar-refractivity contribution < 1.29 is 19.6 Å². The number of nitro benzene ring substituents is 1. The zero-order chi connectivity index (χ0) is 15.6. The Kier molecular flexibility index (Phi) is 4.42. The smallest absolute Gasteiger partial charge is 0.306 e. The normalized spacial score (nSPS) is 21.0. The molecule has 0 bridgehead atoms. The molecule has 1 fully saturated rings. The summed E-state index contributed by atoms with van der Waals surface area (Å²) < 4.78 is 0. The van der Waals surface area contributed by atoms with Crippen molar-refractivity contribution in [3.63, 3.8) is 0 Å². The Morgan fingerprint density at radius 2 is 2.00 bits per heavy atom. The molecule has 1 aliphatic rings. The predicted molar refractivity (Wildman–Crippen MR) is 75.2 cm³/mol. The minimum absolute atomic E-state index is 0.0624. The fourth-order valence-corrected chi connectivity index (χ4v) is 2.67. The molecule has 0 radical (unpaired) electrons. The van der Waals surface area contributed by atoms with Gasteiger partial charge in [-0.1, -0.05) is 11.6 Å². The lowest BCUT2D eigenvalue weighted by molar-refractivity contribution is -0.384. The molecule has 0 heterocycles. The second-order valence-corrected chi connectivity index (χ2v) is 5.36. The molecule has 2 atom stereocenters. The van der Waals surface area contributed by atoms with Crippen LogP contribution in [0, 0.1) is 22.0 Å². The van der Waals surface area contributed by atoms with Gasteiger partial charge >= 0.3 is 5.97 Å². The third-order valence-corrected chi connectivity index (χ3v) is 3.87. The summed E-state index contributed by atoms with van der Waals surface area (Å²) >= 11 is 5.76. The number of carboxylic acids is 1. The number of hydrogen-bond donors (Lipinski definition) is 2. The number of halogens is 1. The number of rotatable bonds is 4. The van der Waals surface area contributed by atoms with E-state index in [2.05, 4.69) is 5.32 Å². The lowest BCUT2D eigenvalue weighted by Crippen LogP contribution is -2.21. The number of carbonyl (C=O) groups is 2. The molecule has 1 amide bonds. The van der Waals surface area contributed by atoms with Crippen LogP contribution in [0.4, 0.5) is 11.4 Å². The molecule has 0 aliphatic heterocycles. The zero-order valence-electron chi connectivity index (χ0n) is 10.9. The van der Waals surface area contributed by atoms with E-state index in [4.69, 9.17) is 16.7 Å². The molecule has 2 N–H and O–H groups in total. The summed E-state index contributed by atoms with van der Waals surface area (Å²) in [7, 11) is 0. The SMILES string of the molecule is O=C(O)[C@H]1CC[C@@H](C(=O)Nc2ccc([N+](=O)[O-])c(Cl)c2)C1. The third kappa shape index (κ3) is 3.49. The summed E-state index contributed by atoms with van der Waals surface area (Å²) in [6.45, 7) is 0. The van der Waals surface area contributed by atoms with Crippen LogP contribution in [0.25, 0.3) is 0 Å². The van der Waals surface area contributed by atoms with Crippen molar-refractivity contribution in [1.29, 1.82) is 0 Å². The van der Waals surface area contributed by atoms with Gasteiger partial charge < -0.3 is 10.4 Å². The highest BCUT2D eigenvalue weighted by Crippen LogP contribution is 2.33. The number of benzene rings is 1. The summed E-state index contributed by atoms with van der Waals surface area (Å²) in [6, 6.07) is 3.92. The molecule has 8 heteroatoms. The van der Waals surface area contributed by atoms with Crippen molar-refractivity contribution >= 4 is 34.9 Å². The van der Waals surface area contributed by atoms with Gasteiger partial charge in [0, 0.05) is 17.7 Å². The molecule has 0 unspecified atom stereocenters. The molecule has 1 aliphatic carbocycles. The van der Waals surface area contributed by atoms with Crippen molar-refractivity contribution in [1.82, 2.24) is 0 Å². The first-order valence-electron chi connectivity index (χ1n) is 6.36. The molecule has 112 valence electrons. The lowest BCUT2D eigenvalue weighted by atomic mass is 10.0. The Morgan fingerprint density at radius 3 is 2.52 bits per heavy atom. The van der Waals surface area contributed by atoms with E-state index in [0.717, 1.165) is 0 Å². The highest BCUT2D eigenvalue weighted by Gasteiger charge is 2.33. The summed E-state index contributed by atoms with van der Waals surface area (Å²) in [5.41, 5.74) is 0.121. The van der Waals surface area contributed by atoms with Gasteiger partial charge in [-0.3, -0.25) is 19.7 Å². The van der Waals surface area contributed by atoms with Gasteiger partial charge in [-0.05, 0) is 31.4 Å². The van der Waals surface area contributed by atoms with Gasteiger partial charge in [-0.25, -0.2) is 0 Å². The van der Waals surface area contributed by atoms with E-state index in [0.29, 0.717) is 24.9 Å². The zero-order valence-corrected chi connectivity index (χ0v) is 11.7. The summed E-state index contributed by atoms with van der Waals surface area (Å²) in [4.78, 5) is 32.9. The fraction of sp³-hybridized carbons (Fsp3) is 0.385. The maximum Gasteiger partial charge on any atom is 0.306 e. The number of anilines is 1. The number of nitrogens with one attached hydrogen (secondary N) is 1. The van der Waals surface area contributed by atoms with Crippen LogP contribution in [0.15, 0.2) is 18.2 Å². The first-order valence-corrected chi connectivity index (χ1v) is 6.74. The standard InChI is InChI=1S/C13H13ClN2O5/c14-10-6-9(3-4-11(10)16(20)21)15-12(17)7-1-2-8(5-7)13(18)19/h3-4,6-8H,1-2,5H2,(H,15,17)(H,18,19)/t7-,8+/m1/s1. The van der Waals surface area contributed by atoms with Crippen LogP contribution < -0.4 is 5.32 Å². The Morgan fingerprint density at radius 1 is 1.33 bits per heavy atom. The fourth-order valence-electron chi connectivity index (χ4n) is 2.42. The third-order valence-electron chi connectivity index (χ3n) is 3.56. The van der Waals surface area contributed by atoms with Gasteiger partial charge in [0.1, 0.15) is 5.02 Å². The van der Waals surface area contributed by atoms with Crippen LogP contribution in [0.1, 0.15) is 19.3 Å². The van der Waals surface area contributed by atoms with E-state index in [1.54, 1.807) is 0 Å². The largest absolute Gasteiger partial charge is 0.481 e. The molecule has 1 saturated carbocycles. The van der Waals surface area contributed by atoms with Gasteiger partial charge in [0.2, 0.25) is 5.91 Å². The van der Waals surface area contributed by atoms with Crippen LogP contribution >= 0.6 is 11.6 Å². The average Bonchev–Trinajstić information content (AvgIpc) is 2.88. The van der Waals surface area contributed by atoms with Gasteiger partial charge in [0.25, 0.3) is 5.69 Å². The van der Waals surface area contributed by atoms with Crippen molar-refractivity contribution in [2.24, 2.45) is 11.8 Å². The highest BCUT2D eigenvalue weighted by atomic mass is 35.5. The van der Waals surface area contributed by atoms with Crippen LogP contribution in [-0.4, -0.2) is 21.9 Å². The van der Waals surface area contributed by atoms with E-state index in [1.807, 2.05) is 0 Å². The van der Waals surface area contributed by atoms with E-state index in [9.17, 15) is 19.7 Å². The minimum atomic E-state index is -0.885. The Labute approximate surface area is 125 Å². The Balaban J connectivity index is 2.02. The number of nitro groups is 1. The molecular formula is C13H13ClN2O5. The van der Waals surface area contributed by atoms with Gasteiger partial charge in [-0.15, -0.1) is 0 Å². The summed E-state index contributed by atoms with van der Waals surface area (Å²) in [6.07, 6.45) is 1.31. The van der Waals surface area contributed by atoms with Crippen LogP contribution in [0.5, 0.6) is 0 Å². The van der Waals surface area contributed by atoms with Crippen LogP contribution in [0.3, 0.4) is 0 Å². The van der Waals surface area contributed by atoms with Crippen molar-refractivity contribution in [3.05, 3.63) is 33.3 Å². The monoisotopic (exact) mass is 312 g/mol. The second-order valence-electron chi connectivity index (χ2n) is 4.96. The number of hydrogen-bond acceptors (Lipinski definition) is 4. The number of aliphatic carboxylic acids is 1. The molecule has 1 aromatic rings. The van der Waals surface area contributed by atoms with Crippen molar-refractivity contribution in [3.8, 4) is 0 Å². The first kappa shape index (κ1) is 15.2. The first-order chi connectivity index (χ1) is 9.88. The molecular weight excluding hydrogens is 300 g/mol. The molecule has 2 rings (SSSR count).